The van der Waals surface area contributed by atoms with Crippen molar-refractivity contribution in [2.45, 2.75) is 37.8 Å². The van der Waals surface area contributed by atoms with Crippen LogP contribution in [0.3, 0.4) is 0 Å². The molecule has 2 atom stereocenters. The molecule has 1 saturated carbocycles. The maximum atomic E-state index is 12.8. The van der Waals surface area contributed by atoms with Crippen molar-refractivity contribution in [3.63, 3.8) is 0 Å². The van der Waals surface area contributed by atoms with Gasteiger partial charge in [-0.1, -0.05) is 17.7 Å². The molecule has 2 N–H and O–H groups in total. The summed E-state index contributed by atoms with van der Waals surface area (Å²) in [5.41, 5.74) is 3.49. The predicted molar refractivity (Wildman–Crippen MR) is 134 cm³/mol. The minimum Gasteiger partial charge on any atom is -0.348 e. The van der Waals surface area contributed by atoms with Crippen LogP contribution in [0.4, 0.5) is 0 Å². The molecule has 0 aliphatic heterocycles. The number of carbonyl (C=O) groups is 1. The van der Waals surface area contributed by atoms with Crippen molar-refractivity contribution in [2.75, 3.05) is 0 Å². The van der Waals surface area contributed by atoms with Gasteiger partial charge in [-0.3, -0.25) is 24.8 Å². The SMILES string of the molecule is O=C(N[C@H]1CCC[C@@H](n2c(-c3ccccn3)nc3cnc(-c4ncn[nH]4)cc32)C1)c1cc(Cl)ccn1. The molecule has 36 heavy (non-hydrogen) atoms. The number of hydrogen-bond acceptors (Lipinski definition) is 7. The maximum Gasteiger partial charge on any atom is 0.270 e. The van der Waals surface area contributed by atoms with E-state index in [-0.39, 0.29) is 18.0 Å². The van der Waals surface area contributed by atoms with Gasteiger partial charge in [-0.15, -0.1) is 0 Å². The normalized spacial score (nSPS) is 17.8. The third kappa shape index (κ3) is 4.31. The summed E-state index contributed by atoms with van der Waals surface area (Å²) in [6.45, 7) is 0. The van der Waals surface area contributed by atoms with Gasteiger partial charge in [0.1, 0.15) is 28.9 Å². The Bertz CT molecular complexity index is 1520. The van der Waals surface area contributed by atoms with Gasteiger partial charge in [0.25, 0.3) is 5.91 Å². The molecule has 0 spiro atoms. The van der Waals surface area contributed by atoms with Crippen LogP contribution >= 0.6 is 11.6 Å². The number of nitrogens with zero attached hydrogens (tertiary/aromatic N) is 7. The lowest BCUT2D eigenvalue weighted by Crippen LogP contribution is -2.39. The number of aromatic nitrogens is 8. The number of hydrogen-bond donors (Lipinski definition) is 2. The van der Waals surface area contributed by atoms with Crippen molar-refractivity contribution >= 4 is 28.5 Å². The summed E-state index contributed by atoms with van der Waals surface area (Å²) in [7, 11) is 0. The number of aromatic amines is 1. The number of nitrogens with one attached hydrogen (secondary N) is 2. The fraction of sp³-hybridized carbons (Fsp3) is 0.240. The number of halogens is 1. The third-order valence-corrected chi connectivity index (χ3v) is 6.66. The lowest BCUT2D eigenvalue weighted by atomic mass is 9.90. The second-order valence-corrected chi connectivity index (χ2v) is 9.20. The van der Waals surface area contributed by atoms with Crippen LogP contribution in [0.1, 0.15) is 42.2 Å². The van der Waals surface area contributed by atoms with Gasteiger partial charge < -0.3 is 9.88 Å². The molecule has 0 aromatic carbocycles. The quantitative estimate of drug-likeness (QED) is 0.370. The molecule has 180 valence electrons. The van der Waals surface area contributed by atoms with Crippen LogP contribution in [-0.4, -0.2) is 51.6 Å². The van der Waals surface area contributed by atoms with Crippen LogP contribution in [0.5, 0.6) is 0 Å². The van der Waals surface area contributed by atoms with Crippen molar-refractivity contribution in [1.29, 1.82) is 0 Å². The highest BCUT2D eigenvalue weighted by atomic mass is 35.5. The van der Waals surface area contributed by atoms with Crippen molar-refractivity contribution in [3.05, 3.63) is 72.0 Å². The van der Waals surface area contributed by atoms with Crippen LogP contribution in [0, 0.1) is 0 Å². The zero-order chi connectivity index (χ0) is 24.5. The van der Waals surface area contributed by atoms with Gasteiger partial charge in [-0.25, -0.2) is 9.97 Å². The third-order valence-electron chi connectivity index (χ3n) is 6.43. The van der Waals surface area contributed by atoms with Gasteiger partial charge in [0.15, 0.2) is 11.6 Å². The molecule has 5 aromatic heterocycles. The molecule has 1 aliphatic rings. The summed E-state index contributed by atoms with van der Waals surface area (Å²) in [6.07, 6.45) is 10.1. The maximum absolute atomic E-state index is 12.8. The lowest BCUT2D eigenvalue weighted by Gasteiger charge is -2.32. The summed E-state index contributed by atoms with van der Waals surface area (Å²) in [5.74, 6) is 1.14. The zero-order valence-electron chi connectivity index (χ0n) is 19.2. The van der Waals surface area contributed by atoms with E-state index in [1.54, 1.807) is 24.5 Å². The standard InChI is InChI=1S/C25H22ClN9O/c26-15-7-9-28-20(10-15)25(36)32-16-4-3-5-17(11-16)35-22-12-19(23-30-14-31-34-23)29-13-21(22)33-24(35)18-6-1-2-8-27-18/h1-2,6-10,12-14,16-17H,3-5,11H2,(H,32,36)(H,30,31,34)/t16-,17+/m0/s1. The molecule has 1 aliphatic carbocycles. The first-order valence-electron chi connectivity index (χ1n) is 11.7. The lowest BCUT2D eigenvalue weighted by molar-refractivity contribution is 0.0916. The van der Waals surface area contributed by atoms with Crippen molar-refractivity contribution in [2.24, 2.45) is 0 Å². The van der Waals surface area contributed by atoms with E-state index in [9.17, 15) is 4.79 Å². The van der Waals surface area contributed by atoms with E-state index in [0.29, 0.717) is 22.2 Å². The fourth-order valence-corrected chi connectivity index (χ4v) is 4.98. The zero-order valence-corrected chi connectivity index (χ0v) is 19.9. The van der Waals surface area contributed by atoms with E-state index in [1.165, 1.54) is 12.5 Å². The molecule has 0 unspecified atom stereocenters. The van der Waals surface area contributed by atoms with Gasteiger partial charge in [0, 0.05) is 29.5 Å². The number of fused-ring (bicyclic) bond motifs is 1. The first-order valence-corrected chi connectivity index (χ1v) is 12.1. The molecular weight excluding hydrogens is 478 g/mol. The Kier molecular flexibility index (Phi) is 5.86. The highest BCUT2D eigenvalue weighted by Crippen LogP contribution is 2.36. The Morgan fingerprint density at radius 3 is 2.81 bits per heavy atom. The van der Waals surface area contributed by atoms with E-state index >= 15 is 0 Å². The Balaban J connectivity index is 1.37. The molecule has 0 radical (unpaired) electrons. The van der Waals surface area contributed by atoms with E-state index in [2.05, 4.69) is 40.0 Å². The van der Waals surface area contributed by atoms with E-state index in [0.717, 1.165) is 48.2 Å². The van der Waals surface area contributed by atoms with Gasteiger partial charge in [0.2, 0.25) is 0 Å². The van der Waals surface area contributed by atoms with E-state index < -0.39 is 0 Å². The largest absolute Gasteiger partial charge is 0.348 e. The molecule has 10 nitrogen and oxygen atoms in total. The molecule has 5 aromatic rings. The van der Waals surface area contributed by atoms with Gasteiger partial charge in [-0.05, 0) is 56.0 Å². The van der Waals surface area contributed by atoms with Crippen LogP contribution < -0.4 is 5.32 Å². The van der Waals surface area contributed by atoms with Gasteiger partial charge in [0.05, 0.1) is 11.7 Å². The number of carbonyl (C=O) groups excluding carboxylic acids is 1. The minimum absolute atomic E-state index is 0.0124. The fourth-order valence-electron chi connectivity index (χ4n) is 4.82. The van der Waals surface area contributed by atoms with E-state index in [1.807, 2.05) is 24.3 Å². The summed E-state index contributed by atoms with van der Waals surface area (Å²) < 4.78 is 2.23. The number of H-pyrrole nitrogens is 1. The second kappa shape index (κ2) is 9.46. The number of amides is 1. The first-order chi connectivity index (χ1) is 17.7. The average molecular weight is 500 g/mol. The topological polar surface area (TPSA) is 127 Å². The van der Waals surface area contributed by atoms with Crippen molar-refractivity contribution in [3.8, 4) is 23.0 Å². The molecule has 11 heteroatoms. The first kappa shape index (κ1) is 22.3. The molecule has 5 heterocycles. The Hall–Kier alpha value is -4.18. The predicted octanol–water partition coefficient (Wildman–Crippen LogP) is 4.24. The van der Waals surface area contributed by atoms with Crippen molar-refractivity contribution in [1.82, 2.24) is 45.0 Å². The van der Waals surface area contributed by atoms with Crippen LogP contribution in [0.2, 0.25) is 5.02 Å². The smallest absolute Gasteiger partial charge is 0.270 e. The Morgan fingerprint density at radius 2 is 2.00 bits per heavy atom. The Morgan fingerprint density at radius 1 is 1.06 bits per heavy atom. The Labute approximate surface area is 211 Å². The van der Waals surface area contributed by atoms with Gasteiger partial charge >= 0.3 is 0 Å². The molecule has 6 rings (SSSR count). The van der Waals surface area contributed by atoms with Gasteiger partial charge in [-0.2, -0.15) is 5.10 Å². The average Bonchev–Trinajstić information content (AvgIpc) is 3.57. The minimum atomic E-state index is -0.222. The van der Waals surface area contributed by atoms with Crippen LogP contribution in [-0.2, 0) is 0 Å². The van der Waals surface area contributed by atoms with E-state index in [4.69, 9.17) is 16.6 Å². The summed E-state index contributed by atoms with van der Waals surface area (Å²) in [4.78, 5) is 35.3. The second-order valence-electron chi connectivity index (χ2n) is 8.76. The summed E-state index contributed by atoms with van der Waals surface area (Å²) in [5, 5.41) is 10.5. The van der Waals surface area contributed by atoms with Crippen LogP contribution in [0.15, 0.2) is 61.3 Å². The molecule has 1 fully saturated rings. The molecule has 1 amide bonds. The summed E-state index contributed by atoms with van der Waals surface area (Å²) >= 11 is 6.05. The number of pyridine rings is 3. The van der Waals surface area contributed by atoms with Crippen LogP contribution in [0.25, 0.3) is 34.1 Å². The summed E-state index contributed by atoms with van der Waals surface area (Å²) in [6, 6.07) is 11.1. The highest BCUT2D eigenvalue weighted by molar-refractivity contribution is 6.30. The highest BCUT2D eigenvalue weighted by Gasteiger charge is 2.29. The number of imidazole rings is 1. The number of rotatable bonds is 5. The molecule has 0 bridgehead atoms. The molecular formula is C25H22ClN9O. The monoisotopic (exact) mass is 499 g/mol. The molecule has 0 saturated heterocycles. The van der Waals surface area contributed by atoms with Crippen molar-refractivity contribution < 1.29 is 4.79 Å².